The number of hydrogen-bond donors (Lipinski definition) is 0. The Morgan fingerprint density at radius 1 is 1.41 bits per heavy atom. The molecule has 0 fully saturated rings. The van der Waals surface area contributed by atoms with Gasteiger partial charge < -0.3 is 9.47 Å². The minimum Gasteiger partial charge on any atom is -0.463 e. The summed E-state index contributed by atoms with van der Waals surface area (Å²) in [6.45, 7) is 5.74. The summed E-state index contributed by atoms with van der Waals surface area (Å²) >= 11 is 3.25. The quantitative estimate of drug-likeness (QED) is 0.757. The molecule has 0 spiro atoms. The molecule has 0 heterocycles. The van der Waals surface area contributed by atoms with E-state index in [1.807, 2.05) is 30.3 Å². The summed E-state index contributed by atoms with van der Waals surface area (Å²) in [5.74, 6) is -0.327. The maximum Gasteiger partial charge on any atom is 0.302 e. The van der Waals surface area contributed by atoms with Gasteiger partial charge in [-0.2, -0.15) is 0 Å². The number of hydrogen-bond acceptors (Lipinski definition) is 3. The molecule has 4 heteroatoms. The monoisotopic (exact) mass is 298 g/mol. The molecule has 0 aliphatic rings. The predicted molar refractivity (Wildman–Crippen MR) is 69.7 cm³/mol. The molecule has 92 valence electrons. The molecule has 0 saturated carbocycles. The first-order valence-electron chi connectivity index (χ1n) is 5.22. The molecule has 0 bridgehead atoms. The minimum atomic E-state index is -0.334. The van der Waals surface area contributed by atoms with Crippen LogP contribution in [0.5, 0.6) is 0 Å². The molecule has 1 unspecified atom stereocenters. The van der Waals surface area contributed by atoms with E-state index in [0.29, 0.717) is 11.1 Å². The molecule has 0 amide bonds. The lowest BCUT2D eigenvalue weighted by molar-refractivity contribution is -0.144. The highest BCUT2D eigenvalue weighted by Gasteiger charge is 2.13. The van der Waals surface area contributed by atoms with Gasteiger partial charge in [-0.25, -0.2) is 0 Å². The van der Waals surface area contributed by atoms with Crippen molar-refractivity contribution in [1.82, 2.24) is 0 Å². The van der Waals surface area contributed by atoms with E-state index in [4.69, 9.17) is 9.47 Å². The molecule has 17 heavy (non-hydrogen) atoms. The van der Waals surface area contributed by atoms with Gasteiger partial charge in [0.25, 0.3) is 0 Å². The van der Waals surface area contributed by atoms with E-state index < -0.39 is 0 Å². The highest BCUT2D eigenvalue weighted by atomic mass is 79.9. The van der Waals surface area contributed by atoms with Crippen LogP contribution in [-0.2, 0) is 20.9 Å². The van der Waals surface area contributed by atoms with Crippen molar-refractivity contribution in [2.75, 3.05) is 6.61 Å². The third-order valence-electron chi connectivity index (χ3n) is 2.08. The van der Waals surface area contributed by atoms with E-state index in [9.17, 15) is 4.79 Å². The van der Waals surface area contributed by atoms with E-state index in [2.05, 4.69) is 22.5 Å². The Morgan fingerprint density at radius 3 is 2.59 bits per heavy atom. The standard InChI is InChI=1S/C13H15BrO3/c1-10(14)13(9-16-11(2)15)17-8-12-6-4-3-5-7-12/h3-7,13H,1,8-9H2,2H3. The third-order valence-corrected chi connectivity index (χ3v) is 2.59. The van der Waals surface area contributed by atoms with Crippen LogP contribution in [0.1, 0.15) is 12.5 Å². The maximum atomic E-state index is 10.7. The molecule has 1 aromatic rings. The van der Waals surface area contributed by atoms with Crippen molar-refractivity contribution in [3.05, 3.63) is 47.0 Å². The Kier molecular flexibility index (Phi) is 5.94. The van der Waals surface area contributed by atoms with Gasteiger partial charge in [0.15, 0.2) is 0 Å². The van der Waals surface area contributed by atoms with Crippen molar-refractivity contribution in [3.63, 3.8) is 0 Å². The SMILES string of the molecule is C=C(Br)C(COC(C)=O)OCc1ccccc1. The summed E-state index contributed by atoms with van der Waals surface area (Å²) < 4.78 is 11.2. The van der Waals surface area contributed by atoms with Gasteiger partial charge in [0.2, 0.25) is 0 Å². The van der Waals surface area contributed by atoms with E-state index in [-0.39, 0.29) is 18.7 Å². The molecule has 0 aliphatic carbocycles. The largest absolute Gasteiger partial charge is 0.463 e. The third kappa shape index (κ3) is 5.65. The maximum absolute atomic E-state index is 10.7. The molecule has 1 aromatic carbocycles. The minimum absolute atomic E-state index is 0.173. The Hall–Kier alpha value is -1.13. The number of esters is 1. The van der Waals surface area contributed by atoms with Crippen LogP contribution in [0.2, 0.25) is 0 Å². The van der Waals surface area contributed by atoms with Crippen LogP contribution in [0.3, 0.4) is 0 Å². The van der Waals surface area contributed by atoms with E-state index >= 15 is 0 Å². The van der Waals surface area contributed by atoms with Gasteiger partial charge in [-0.1, -0.05) is 52.8 Å². The van der Waals surface area contributed by atoms with Crippen LogP contribution in [-0.4, -0.2) is 18.7 Å². The molecule has 0 N–H and O–H groups in total. The number of ether oxygens (including phenoxy) is 2. The Labute approximate surface area is 110 Å². The van der Waals surface area contributed by atoms with Gasteiger partial charge in [0.1, 0.15) is 12.7 Å². The lowest BCUT2D eigenvalue weighted by Crippen LogP contribution is -2.21. The second kappa shape index (κ2) is 7.25. The summed E-state index contributed by atoms with van der Waals surface area (Å²) in [7, 11) is 0. The van der Waals surface area contributed by atoms with Crippen LogP contribution >= 0.6 is 15.9 Å². The highest BCUT2D eigenvalue weighted by Crippen LogP contribution is 2.14. The summed E-state index contributed by atoms with van der Waals surface area (Å²) in [5, 5.41) is 0. The van der Waals surface area contributed by atoms with E-state index in [1.165, 1.54) is 6.92 Å². The zero-order valence-electron chi connectivity index (χ0n) is 9.69. The van der Waals surface area contributed by atoms with Crippen molar-refractivity contribution in [3.8, 4) is 0 Å². The van der Waals surface area contributed by atoms with Gasteiger partial charge >= 0.3 is 5.97 Å². The number of halogens is 1. The first-order valence-corrected chi connectivity index (χ1v) is 6.02. The topological polar surface area (TPSA) is 35.5 Å². The van der Waals surface area contributed by atoms with E-state index in [1.54, 1.807) is 0 Å². The zero-order valence-corrected chi connectivity index (χ0v) is 11.3. The predicted octanol–water partition coefficient (Wildman–Crippen LogP) is 3.04. The zero-order chi connectivity index (χ0) is 12.7. The van der Waals surface area contributed by atoms with Crippen LogP contribution in [0.4, 0.5) is 0 Å². The summed E-state index contributed by atoms with van der Waals surface area (Å²) in [4.78, 5) is 10.7. The molecule has 0 saturated heterocycles. The van der Waals surface area contributed by atoms with Gasteiger partial charge in [-0.15, -0.1) is 0 Å². The van der Waals surface area contributed by atoms with Crippen LogP contribution in [0.15, 0.2) is 41.4 Å². The molecule has 3 nitrogen and oxygen atoms in total. The summed E-state index contributed by atoms with van der Waals surface area (Å²) in [6.07, 6.45) is -0.334. The second-order valence-corrected chi connectivity index (χ2v) is 4.55. The lowest BCUT2D eigenvalue weighted by Gasteiger charge is -2.16. The Morgan fingerprint density at radius 2 is 2.06 bits per heavy atom. The Balaban J connectivity index is 2.45. The van der Waals surface area contributed by atoms with Crippen LogP contribution in [0.25, 0.3) is 0 Å². The van der Waals surface area contributed by atoms with Crippen molar-refractivity contribution in [1.29, 1.82) is 0 Å². The first kappa shape index (κ1) is 13.9. The molecule has 0 radical (unpaired) electrons. The second-order valence-electron chi connectivity index (χ2n) is 3.53. The van der Waals surface area contributed by atoms with Gasteiger partial charge in [-0.3, -0.25) is 4.79 Å². The molecular weight excluding hydrogens is 284 g/mol. The fourth-order valence-electron chi connectivity index (χ4n) is 1.19. The molecule has 0 aliphatic heterocycles. The smallest absolute Gasteiger partial charge is 0.302 e. The van der Waals surface area contributed by atoms with Gasteiger partial charge in [0, 0.05) is 11.4 Å². The normalized spacial score (nSPS) is 11.9. The fourth-order valence-corrected chi connectivity index (χ4v) is 1.46. The Bertz CT molecular complexity index is 376. The lowest BCUT2D eigenvalue weighted by atomic mass is 10.2. The molecule has 0 aromatic heterocycles. The summed E-state index contributed by atoms with van der Waals surface area (Å²) in [6, 6.07) is 9.79. The van der Waals surface area contributed by atoms with Crippen molar-refractivity contribution >= 4 is 21.9 Å². The van der Waals surface area contributed by atoms with Crippen molar-refractivity contribution < 1.29 is 14.3 Å². The number of benzene rings is 1. The molecule has 1 atom stereocenters. The van der Waals surface area contributed by atoms with Crippen LogP contribution in [0, 0.1) is 0 Å². The molecular formula is C13H15BrO3. The van der Waals surface area contributed by atoms with Gasteiger partial charge in [0.05, 0.1) is 6.61 Å². The fraction of sp³-hybridized carbons (Fsp3) is 0.308. The van der Waals surface area contributed by atoms with Crippen molar-refractivity contribution in [2.24, 2.45) is 0 Å². The average Bonchev–Trinajstić information content (AvgIpc) is 2.29. The van der Waals surface area contributed by atoms with Crippen molar-refractivity contribution in [2.45, 2.75) is 19.6 Å². The number of carbonyl (C=O) groups excluding carboxylic acids is 1. The molecule has 1 rings (SSSR count). The van der Waals surface area contributed by atoms with E-state index in [0.717, 1.165) is 5.56 Å². The number of rotatable bonds is 6. The van der Waals surface area contributed by atoms with Crippen LogP contribution < -0.4 is 0 Å². The average molecular weight is 299 g/mol. The highest BCUT2D eigenvalue weighted by molar-refractivity contribution is 9.11. The number of carbonyl (C=O) groups is 1. The first-order chi connectivity index (χ1) is 8.09. The summed E-state index contributed by atoms with van der Waals surface area (Å²) in [5.41, 5.74) is 1.06. The van der Waals surface area contributed by atoms with Gasteiger partial charge in [-0.05, 0) is 5.56 Å².